The van der Waals surface area contributed by atoms with Crippen molar-refractivity contribution >= 4 is 5.97 Å². The van der Waals surface area contributed by atoms with Gasteiger partial charge in [-0.3, -0.25) is 0 Å². The molecule has 1 aliphatic carbocycles. The van der Waals surface area contributed by atoms with Crippen molar-refractivity contribution < 1.29 is 9.53 Å². The predicted octanol–water partition coefficient (Wildman–Crippen LogP) is 9.02. The van der Waals surface area contributed by atoms with Gasteiger partial charge in [-0.15, -0.1) is 0 Å². The molecule has 0 N–H and O–H groups in total. The molecule has 3 rings (SSSR count). The van der Waals surface area contributed by atoms with E-state index in [0.717, 1.165) is 44.9 Å². The quantitative estimate of drug-likeness (QED) is 0.175. The van der Waals surface area contributed by atoms with Gasteiger partial charge in [0.15, 0.2) is 0 Å². The van der Waals surface area contributed by atoms with Crippen LogP contribution in [0.15, 0.2) is 48.5 Å². The fourth-order valence-electron chi connectivity index (χ4n) is 5.39. The Kier molecular flexibility index (Phi) is 10.4. The van der Waals surface area contributed by atoms with E-state index in [-0.39, 0.29) is 11.4 Å². The van der Waals surface area contributed by atoms with Crippen molar-refractivity contribution in [3.8, 4) is 11.8 Å². The lowest BCUT2D eigenvalue weighted by atomic mass is 9.66. The normalized spacial score (nSPS) is 20.7. The first kappa shape index (κ1) is 27.0. The molecular formula is C32H43NO2. The van der Waals surface area contributed by atoms with E-state index in [9.17, 15) is 10.1 Å². The van der Waals surface area contributed by atoms with Crippen LogP contribution in [0, 0.1) is 22.7 Å². The SMILES string of the molecule is CCCCCCCc1ccc(OC(=O)c2ccc(C3CCC(C#N)(CC(C)CC)CC3)cc2)cc1. The number of esters is 1. The smallest absolute Gasteiger partial charge is 0.343 e. The van der Waals surface area contributed by atoms with E-state index < -0.39 is 0 Å². The van der Waals surface area contributed by atoms with Crippen molar-refractivity contribution in [3.63, 3.8) is 0 Å². The Balaban J connectivity index is 1.49. The highest BCUT2D eigenvalue weighted by Gasteiger charge is 2.36. The van der Waals surface area contributed by atoms with Crippen LogP contribution in [0.5, 0.6) is 5.75 Å². The minimum atomic E-state index is -0.315. The zero-order valence-electron chi connectivity index (χ0n) is 22.0. The van der Waals surface area contributed by atoms with E-state index in [0.29, 0.717) is 23.1 Å². The standard InChI is InChI=1S/C32H43NO2/c1-4-6-7-8-9-10-26-11-17-30(18-12-26)35-31(34)29-15-13-27(14-16-29)28-19-21-32(24-33,22-20-28)23-25(3)5-2/h11-18,25,28H,4-10,19-23H2,1-3H3. The van der Waals surface area contributed by atoms with Gasteiger partial charge >= 0.3 is 5.97 Å². The number of hydrogen-bond donors (Lipinski definition) is 0. The Morgan fingerprint density at radius 2 is 1.66 bits per heavy atom. The highest BCUT2D eigenvalue weighted by molar-refractivity contribution is 5.91. The highest BCUT2D eigenvalue weighted by atomic mass is 16.5. The van der Waals surface area contributed by atoms with Crippen molar-refractivity contribution in [1.29, 1.82) is 5.26 Å². The molecular weight excluding hydrogens is 430 g/mol. The van der Waals surface area contributed by atoms with Crippen LogP contribution in [0.25, 0.3) is 0 Å². The second-order valence-corrected chi connectivity index (χ2v) is 10.7. The number of unbranched alkanes of at least 4 members (excludes halogenated alkanes) is 4. The molecule has 1 fully saturated rings. The Bertz CT molecular complexity index is 947. The second kappa shape index (κ2) is 13.5. The number of nitriles is 1. The maximum Gasteiger partial charge on any atom is 0.343 e. The molecule has 2 aromatic rings. The van der Waals surface area contributed by atoms with Crippen LogP contribution in [-0.4, -0.2) is 5.97 Å². The number of carbonyl (C=O) groups excluding carboxylic acids is 1. The van der Waals surface area contributed by atoms with Crippen LogP contribution in [0.3, 0.4) is 0 Å². The van der Waals surface area contributed by atoms with E-state index in [2.05, 4.69) is 51.1 Å². The van der Waals surface area contributed by atoms with Crippen LogP contribution in [-0.2, 0) is 6.42 Å². The lowest BCUT2D eigenvalue weighted by Crippen LogP contribution is -2.27. The summed E-state index contributed by atoms with van der Waals surface area (Å²) < 4.78 is 5.61. The van der Waals surface area contributed by atoms with Gasteiger partial charge in [0.05, 0.1) is 17.0 Å². The fraction of sp³-hybridized carbons (Fsp3) is 0.562. The van der Waals surface area contributed by atoms with E-state index in [4.69, 9.17) is 4.74 Å². The number of carbonyl (C=O) groups is 1. The van der Waals surface area contributed by atoms with Crippen LogP contribution in [0.1, 0.15) is 119 Å². The third kappa shape index (κ3) is 7.96. The summed E-state index contributed by atoms with van der Waals surface area (Å²) in [7, 11) is 0. The van der Waals surface area contributed by atoms with Crippen LogP contribution in [0.2, 0.25) is 0 Å². The minimum absolute atomic E-state index is 0.153. The van der Waals surface area contributed by atoms with Gasteiger partial charge in [0.2, 0.25) is 0 Å². The maximum absolute atomic E-state index is 12.7. The summed E-state index contributed by atoms with van der Waals surface area (Å²) in [4.78, 5) is 12.7. The van der Waals surface area contributed by atoms with Crippen LogP contribution in [0.4, 0.5) is 0 Å². The summed E-state index contributed by atoms with van der Waals surface area (Å²) in [5.74, 6) is 1.34. The average molecular weight is 474 g/mol. The number of rotatable bonds is 12. The zero-order chi connectivity index (χ0) is 25.1. The molecule has 2 aromatic carbocycles. The molecule has 0 aromatic heterocycles. The number of nitrogens with zero attached hydrogens (tertiary/aromatic N) is 1. The largest absolute Gasteiger partial charge is 0.423 e. The van der Waals surface area contributed by atoms with Crippen LogP contribution >= 0.6 is 0 Å². The molecule has 0 aliphatic heterocycles. The summed E-state index contributed by atoms with van der Waals surface area (Å²) in [5, 5.41) is 9.84. The molecule has 0 radical (unpaired) electrons. The number of benzene rings is 2. The molecule has 3 nitrogen and oxygen atoms in total. The second-order valence-electron chi connectivity index (χ2n) is 10.7. The minimum Gasteiger partial charge on any atom is -0.423 e. The molecule has 0 amide bonds. The molecule has 188 valence electrons. The molecule has 0 bridgehead atoms. The van der Waals surface area contributed by atoms with E-state index in [1.165, 1.54) is 43.2 Å². The summed E-state index contributed by atoms with van der Waals surface area (Å²) >= 11 is 0. The Labute approximate surface area is 212 Å². The van der Waals surface area contributed by atoms with Crippen molar-refractivity contribution in [2.45, 2.75) is 104 Å². The molecule has 0 heterocycles. The van der Waals surface area contributed by atoms with Crippen LogP contribution < -0.4 is 4.74 Å². The zero-order valence-corrected chi connectivity index (χ0v) is 22.0. The number of hydrogen-bond acceptors (Lipinski definition) is 3. The average Bonchev–Trinajstić information content (AvgIpc) is 2.90. The van der Waals surface area contributed by atoms with Gasteiger partial charge in [0, 0.05) is 0 Å². The van der Waals surface area contributed by atoms with E-state index in [1.807, 2.05) is 24.3 Å². The molecule has 1 atom stereocenters. The molecule has 35 heavy (non-hydrogen) atoms. The number of ether oxygens (including phenoxy) is 1. The van der Waals surface area contributed by atoms with Gasteiger partial charge in [0.25, 0.3) is 0 Å². The van der Waals surface area contributed by atoms with Gasteiger partial charge in [-0.25, -0.2) is 4.79 Å². The third-order valence-corrected chi connectivity index (χ3v) is 7.94. The van der Waals surface area contributed by atoms with Gasteiger partial charge in [0.1, 0.15) is 5.75 Å². The van der Waals surface area contributed by atoms with E-state index in [1.54, 1.807) is 0 Å². The monoisotopic (exact) mass is 473 g/mol. The van der Waals surface area contributed by atoms with Crippen molar-refractivity contribution in [2.75, 3.05) is 0 Å². The van der Waals surface area contributed by atoms with Crippen molar-refractivity contribution in [3.05, 3.63) is 65.2 Å². The summed E-state index contributed by atoms with van der Waals surface area (Å²) in [6, 6.07) is 18.5. The Hall–Kier alpha value is -2.60. The summed E-state index contributed by atoms with van der Waals surface area (Å²) in [6.07, 6.45) is 13.6. The molecule has 1 aliphatic rings. The fourth-order valence-corrected chi connectivity index (χ4v) is 5.39. The Morgan fingerprint density at radius 1 is 1.00 bits per heavy atom. The first-order valence-electron chi connectivity index (χ1n) is 13.8. The molecule has 0 saturated heterocycles. The van der Waals surface area contributed by atoms with Gasteiger partial charge < -0.3 is 4.74 Å². The van der Waals surface area contributed by atoms with Gasteiger partial charge in [-0.2, -0.15) is 5.26 Å². The molecule has 1 saturated carbocycles. The topological polar surface area (TPSA) is 50.1 Å². The van der Waals surface area contributed by atoms with Gasteiger partial charge in [-0.05, 0) is 92.2 Å². The molecule has 3 heteroatoms. The summed E-state index contributed by atoms with van der Waals surface area (Å²) in [6.45, 7) is 6.70. The van der Waals surface area contributed by atoms with E-state index >= 15 is 0 Å². The maximum atomic E-state index is 12.7. The third-order valence-electron chi connectivity index (χ3n) is 7.94. The first-order chi connectivity index (χ1) is 17.0. The number of aryl methyl sites for hydroxylation is 1. The first-order valence-corrected chi connectivity index (χ1v) is 13.8. The predicted molar refractivity (Wildman–Crippen MR) is 144 cm³/mol. The van der Waals surface area contributed by atoms with Crippen molar-refractivity contribution in [2.24, 2.45) is 11.3 Å². The Morgan fingerprint density at radius 3 is 2.26 bits per heavy atom. The highest BCUT2D eigenvalue weighted by Crippen LogP contribution is 2.46. The molecule has 1 unspecified atom stereocenters. The molecule has 0 spiro atoms. The van der Waals surface area contributed by atoms with Gasteiger partial charge in [-0.1, -0.05) is 77.1 Å². The lowest BCUT2D eigenvalue weighted by molar-refractivity contribution is 0.0734. The summed E-state index contributed by atoms with van der Waals surface area (Å²) in [5.41, 5.74) is 2.98. The van der Waals surface area contributed by atoms with Crippen molar-refractivity contribution in [1.82, 2.24) is 0 Å². The lowest BCUT2D eigenvalue weighted by Gasteiger charge is -2.36.